The standard InChI is InChI=1S/C30H23ClF2N2O4S/c1-3-38-29(37)26-17(2)34-30-35(27(26)18-8-11-22(32)12-9-18)28(36)25(40-30)15-20-14-21(31)10-13-24(20)39-16-19-6-4-5-7-23(19)33/h4-15,27H,3,16H2,1-2H3/b25-15-/t27-/m0/s1. The van der Waals surface area contributed by atoms with Crippen molar-refractivity contribution in [2.45, 2.75) is 26.5 Å². The lowest BCUT2D eigenvalue weighted by atomic mass is 9.96. The van der Waals surface area contributed by atoms with Crippen LogP contribution in [0, 0.1) is 11.6 Å². The van der Waals surface area contributed by atoms with Crippen molar-refractivity contribution >= 4 is 35.0 Å². The number of thiazole rings is 1. The fraction of sp³-hybridized carbons (Fsp3) is 0.167. The highest BCUT2D eigenvalue weighted by Gasteiger charge is 2.33. The predicted octanol–water partition coefficient (Wildman–Crippen LogP) is 5.31. The number of ether oxygens (including phenoxy) is 2. The number of benzene rings is 3. The van der Waals surface area contributed by atoms with E-state index in [1.807, 2.05) is 0 Å². The molecule has 0 spiro atoms. The van der Waals surface area contributed by atoms with Crippen molar-refractivity contribution in [3.05, 3.63) is 131 Å². The molecule has 1 aliphatic heterocycles. The first-order valence-corrected chi connectivity index (χ1v) is 13.6. The van der Waals surface area contributed by atoms with Crippen LogP contribution in [0.3, 0.4) is 0 Å². The lowest BCUT2D eigenvalue weighted by Gasteiger charge is -2.24. The summed E-state index contributed by atoms with van der Waals surface area (Å²) in [5.41, 5.74) is 1.61. The third kappa shape index (κ3) is 5.48. The van der Waals surface area contributed by atoms with E-state index in [0.29, 0.717) is 42.5 Å². The molecule has 0 aliphatic carbocycles. The third-order valence-electron chi connectivity index (χ3n) is 6.30. The lowest BCUT2D eigenvalue weighted by molar-refractivity contribution is -0.139. The molecule has 0 fully saturated rings. The monoisotopic (exact) mass is 580 g/mol. The number of esters is 1. The van der Waals surface area contributed by atoms with Gasteiger partial charge in [0.1, 0.15) is 24.0 Å². The molecule has 0 bridgehead atoms. The predicted molar refractivity (Wildman–Crippen MR) is 149 cm³/mol. The van der Waals surface area contributed by atoms with Crippen molar-refractivity contribution in [1.82, 2.24) is 4.57 Å². The van der Waals surface area contributed by atoms with Crippen LogP contribution in [0.5, 0.6) is 5.75 Å². The zero-order valence-corrected chi connectivity index (χ0v) is 23.1. The molecule has 6 nitrogen and oxygen atoms in total. The van der Waals surface area contributed by atoms with Gasteiger partial charge < -0.3 is 9.47 Å². The second-order valence-electron chi connectivity index (χ2n) is 8.92. The summed E-state index contributed by atoms with van der Waals surface area (Å²) in [6.45, 7) is 3.47. The summed E-state index contributed by atoms with van der Waals surface area (Å²) < 4.78 is 40.8. The van der Waals surface area contributed by atoms with Crippen molar-refractivity contribution < 1.29 is 23.0 Å². The molecule has 4 aromatic rings. The maximum Gasteiger partial charge on any atom is 0.338 e. The summed E-state index contributed by atoms with van der Waals surface area (Å²) in [4.78, 5) is 31.7. The van der Waals surface area contributed by atoms with Crippen molar-refractivity contribution in [2.75, 3.05) is 6.61 Å². The van der Waals surface area contributed by atoms with Crippen LogP contribution in [0.4, 0.5) is 8.78 Å². The highest BCUT2D eigenvalue weighted by molar-refractivity contribution is 7.07. The first-order valence-electron chi connectivity index (χ1n) is 12.4. The summed E-state index contributed by atoms with van der Waals surface area (Å²) >= 11 is 7.39. The number of halogens is 3. The molecule has 0 unspecified atom stereocenters. The highest BCUT2D eigenvalue weighted by Crippen LogP contribution is 2.31. The van der Waals surface area contributed by atoms with Crippen molar-refractivity contribution in [3.8, 4) is 5.75 Å². The fourth-order valence-corrected chi connectivity index (χ4v) is 5.65. The van der Waals surface area contributed by atoms with Crippen LogP contribution in [0.15, 0.2) is 87.8 Å². The molecule has 1 aliphatic rings. The van der Waals surface area contributed by atoms with Gasteiger partial charge in [-0.3, -0.25) is 9.36 Å². The van der Waals surface area contributed by atoms with E-state index in [-0.39, 0.29) is 24.6 Å². The quantitative estimate of drug-likeness (QED) is 0.278. The van der Waals surface area contributed by atoms with Gasteiger partial charge in [-0.2, -0.15) is 0 Å². The Bertz CT molecular complexity index is 1810. The smallest absolute Gasteiger partial charge is 0.338 e. The van der Waals surface area contributed by atoms with Crippen molar-refractivity contribution in [2.24, 2.45) is 4.99 Å². The first-order chi connectivity index (χ1) is 19.3. The molecule has 1 atom stereocenters. The number of nitrogens with zero attached hydrogens (tertiary/aromatic N) is 2. The molecule has 40 heavy (non-hydrogen) atoms. The van der Waals surface area contributed by atoms with Crippen LogP contribution in [-0.4, -0.2) is 17.1 Å². The van der Waals surface area contributed by atoms with Gasteiger partial charge >= 0.3 is 5.97 Å². The number of hydrogen-bond donors (Lipinski definition) is 0. The summed E-state index contributed by atoms with van der Waals surface area (Å²) in [6, 6.07) is 16.0. The second kappa shape index (κ2) is 11.6. The second-order valence-corrected chi connectivity index (χ2v) is 10.4. The molecular weight excluding hydrogens is 558 g/mol. The summed E-state index contributed by atoms with van der Waals surface area (Å²) in [6.07, 6.45) is 1.62. The van der Waals surface area contributed by atoms with E-state index in [1.165, 1.54) is 34.9 Å². The van der Waals surface area contributed by atoms with Gasteiger partial charge in [0.25, 0.3) is 5.56 Å². The molecule has 0 radical (unpaired) electrons. The third-order valence-corrected chi connectivity index (χ3v) is 7.52. The summed E-state index contributed by atoms with van der Waals surface area (Å²) in [5.74, 6) is -1.04. The number of carbonyl (C=O) groups excluding carboxylic acids is 1. The van der Waals surface area contributed by atoms with Crippen LogP contribution in [0.2, 0.25) is 5.02 Å². The molecular formula is C30H23ClF2N2O4S. The number of hydrogen-bond acceptors (Lipinski definition) is 6. The molecule has 0 N–H and O–H groups in total. The summed E-state index contributed by atoms with van der Waals surface area (Å²) in [5, 5.41) is 0.418. The van der Waals surface area contributed by atoms with E-state index in [9.17, 15) is 18.4 Å². The first kappa shape index (κ1) is 27.5. The molecule has 5 rings (SSSR count). The van der Waals surface area contributed by atoms with Crippen molar-refractivity contribution in [1.29, 1.82) is 0 Å². The highest BCUT2D eigenvalue weighted by atomic mass is 35.5. The van der Waals surface area contributed by atoms with Crippen LogP contribution in [-0.2, 0) is 16.1 Å². The number of allylic oxidation sites excluding steroid dienone is 1. The zero-order valence-electron chi connectivity index (χ0n) is 21.5. The molecule has 2 heterocycles. The maximum absolute atomic E-state index is 14.1. The Morgan fingerprint density at radius 3 is 2.60 bits per heavy atom. The topological polar surface area (TPSA) is 69.9 Å². The Balaban J connectivity index is 1.62. The molecule has 0 amide bonds. The lowest BCUT2D eigenvalue weighted by Crippen LogP contribution is -2.39. The van der Waals surface area contributed by atoms with Crippen LogP contribution in [0.25, 0.3) is 6.08 Å². The largest absolute Gasteiger partial charge is 0.488 e. The van der Waals surface area contributed by atoms with Gasteiger partial charge in [-0.1, -0.05) is 53.3 Å². The van der Waals surface area contributed by atoms with Crippen LogP contribution in [0.1, 0.15) is 36.6 Å². The zero-order chi connectivity index (χ0) is 28.4. The Hall–Kier alpha value is -4.08. The summed E-state index contributed by atoms with van der Waals surface area (Å²) in [7, 11) is 0. The van der Waals surface area contributed by atoms with E-state index in [4.69, 9.17) is 21.1 Å². The van der Waals surface area contributed by atoms with Gasteiger partial charge in [-0.15, -0.1) is 0 Å². The minimum Gasteiger partial charge on any atom is -0.488 e. The van der Waals surface area contributed by atoms with E-state index in [1.54, 1.807) is 56.3 Å². The fourth-order valence-electron chi connectivity index (χ4n) is 4.43. The normalized spacial score (nSPS) is 15.0. The Morgan fingerprint density at radius 2 is 1.88 bits per heavy atom. The Kier molecular flexibility index (Phi) is 7.95. The average molecular weight is 581 g/mol. The van der Waals surface area contributed by atoms with Gasteiger partial charge in [-0.05, 0) is 61.9 Å². The molecule has 10 heteroatoms. The maximum atomic E-state index is 14.1. The van der Waals surface area contributed by atoms with Gasteiger partial charge in [0.2, 0.25) is 0 Å². The van der Waals surface area contributed by atoms with E-state index < -0.39 is 23.4 Å². The minimum atomic E-state index is -0.866. The molecule has 0 saturated heterocycles. The van der Waals surface area contributed by atoms with E-state index in [2.05, 4.69) is 4.99 Å². The van der Waals surface area contributed by atoms with Crippen LogP contribution < -0.4 is 19.6 Å². The van der Waals surface area contributed by atoms with Crippen molar-refractivity contribution in [3.63, 3.8) is 0 Å². The Morgan fingerprint density at radius 1 is 1.12 bits per heavy atom. The van der Waals surface area contributed by atoms with E-state index >= 15 is 0 Å². The van der Waals surface area contributed by atoms with Crippen LogP contribution >= 0.6 is 22.9 Å². The number of aromatic nitrogens is 1. The molecule has 204 valence electrons. The number of fused-ring (bicyclic) bond motifs is 1. The van der Waals surface area contributed by atoms with Gasteiger partial charge in [0, 0.05) is 16.1 Å². The van der Waals surface area contributed by atoms with E-state index in [0.717, 1.165) is 11.3 Å². The average Bonchev–Trinajstić information content (AvgIpc) is 3.23. The van der Waals surface area contributed by atoms with Gasteiger partial charge in [-0.25, -0.2) is 18.6 Å². The Labute approximate surface area is 237 Å². The van der Waals surface area contributed by atoms with Gasteiger partial charge in [0.15, 0.2) is 4.80 Å². The van der Waals surface area contributed by atoms with Gasteiger partial charge in [0.05, 0.1) is 28.5 Å². The molecule has 3 aromatic carbocycles. The minimum absolute atomic E-state index is 0.0247. The molecule has 1 aromatic heterocycles. The number of carbonyl (C=O) groups is 1. The number of rotatable bonds is 7. The molecule has 0 saturated carbocycles. The SMILES string of the molecule is CCOC(=O)C1=C(C)N=c2s/c(=C\c3cc(Cl)ccc3OCc3ccccc3F)c(=O)n2[C@H]1c1ccc(F)cc1.